The molecule has 0 bridgehead atoms. The van der Waals surface area contributed by atoms with Crippen molar-refractivity contribution in [2.45, 2.75) is 51.6 Å². The van der Waals surface area contributed by atoms with Gasteiger partial charge in [0.2, 0.25) is 5.91 Å². The second kappa shape index (κ2) is 6.18. The van der Waals surface area contributed by atoms with E-state index in [0.717, 1.165) is 25.8 Å². The van der Waals surface area contributed by atoms with E-state index in [-0.39, 0.29) is 17.8 Å². The molecule has 0 radical (unpaired) electrons. The van der Waals surface area contributed by atoms with Crippen molar-refractivity contribution in [3.8, 4) is 0 Å². The predicted molar refractivity (Wildman–Crippen MR) is 69.0 cm³/mol. The second-order valence-corrected chi connectivity index (χ2v) is 5.18. The average molecular weight is 256 g/mol. The Bertz CT molecular complexity index is 309. The number of carbonyl (C=O) groups excluding carboxylic acids is 2. The van der Waals surface area contributed by atoms with Crippen LogP contribution in [0.3, 0.4) is 0 Å². The molecule has 0 spiro atoms. The Hall–Kier alpha value is -1.10. The number of esters is 1. The van der Waals surface area contributed by atoms with E-state index < -0.39 is 11.6 Å². The molecule has 0 aromatic rings. The summed E-state index contributed by atoms with van der Waals surface area (Å²) in [5, 5.41) is 6.08. The molecule has 1 rings (SSSR count). The summed E-state index contributed by atoms with van der Waals surface area (Å²) in [7, 11) is 1.34. The maximum atomic E-state index is 12.4. The number of ether oxygens (including phenoxy) is 1. The Kier molecular flexibility index (Phi) is 5.14. The molecule has 0 aromatic carbocycles. The molecule has 5 heteroatoms. The van der Waals surface area contributed by atoms with Crippen LogP contribution in [0.2, 0.25) is 0 Å². The highest BCUT2D eigenvalue weighted by Crippen LogP contribution is 2.23. The number of methoxy groups -OCH3 is 1. The van der Waals surface area contributed by atoms with E-state index in [9.17, 15) is 9.59 Å². The van der Waals surface area contributed by atoms with E-state index in [2.05, 4.69) is 10.6 Å². The van der Waals surface area contributed by atoms with Crippen molar-refractivity contribution in [2.24, 2.45) is 5.92 Å². The molecule has 0 aromatic heterocycles. The molecule has 1 saturated heterocycles. The van der Waals surface area contributed by atoms with Gasteiger partial charge >= 0.3 is 5.97 Å². The van der Waals surface area contributed by atoms with Gasteiger partial charge in [0.25, 0.3) is 0 Å². The van der Waals surface area contributed by atoms with Crippen molar-refractivity contribution in [1.29, 1.82) is 0 Å². The molecule has 1 aliphatic heterocycles. The summed E-state index contributed by atoms with van der Waals surface area (Å²) in [6.07, 6.45) is 2.54. The van der Waals surface area contributed by atoms with Crippen molar-refractivity contribution in [3.05, 3.63) is 0 Å². The van der Waals surface area contributed by atoms with Crippen molar-refractivity contribution in [2.75, 3.05) is 13.7 Å². The number of hydrogen-bond acceptors (Lipinski definition) is 4. The van der Waals surface area contributed by atoms with Crippen LogP contribution in [0.25, 0.3) is 0 Å². The van der Waals surface area contributed by atoms with E-state index in [4.69, 9.17) is 4.74 Å². The van der Waals surface area contributed by atoms with Crippen LogP contribution < -0.4 is 10.6 Å². The lowest BCUT2D eigenvalue weighted by molar-refractivity contribution is -0.147. The Morgan fingerprint density at radius 3 is 2.50 bits per heavy atom. The van der Waals surface area contributed by atoms with Gasteiger partial charge in [-0.2, -0.15) is 0 Å². The van der Waals surface area contributed by atoms with Crippen LogP contribution in [0, 0.1) is 5.92 Å². The molecule has 2 N–H and O–H groups in total. The molecular weight excluding hydrogens is 232 g/mol. The maximum Gasteiger partial charge on any atom is 0.328 e. The third-order valence-corrected chi connectivity index (χ3v) is 3.69. The summed E-state index contributed by atoms with van der Waals surface area (Å²) in [5.74, 6) is -0.467. The third kappa shape index (κ3) is 3.02. The lowest BCUT2D eigenvalue weighted by Gasteiger charge is -2.30. The standard InChI is InChI=1S/C13H24N2O3/c1-5-13(7-6-8-14-13)12(17)15-10(9(2)3)11(16)18-4/h9-10,14H,5-8H2,1-4H3,(H,15,17)/t10-,13?/m0/s1. The van der Waals surface area contributed by atoms with Crippen LogP contribution in [0.5, 0.6) is 0 Å². The zero-order chi connectivity index (χ0) is 13.8. The largest absolute Gasteiger partial charge is 0.467 e. The zero-order valence-corrected chi connectivity index (χ0v) is 11.7. The Morgan fingerprint density at radius 1 is 1.44 bits per heavy atom. The fourth-order valence-electron chi connectivity index (χ4n) is 2.37. The average Bonchev–Trinajstić information content (AvgIpc) is 2.84. The lowest BCUT2D eigenvalue weighted by atomic mass is 9.92. The van der Waals surface area contributed by atoms with Gasteiger partial charge in [-0.3, -0.25) is 4.79 Å². The van der Waals surface area contributed by atoms with Crippen LogP contribution in [0.15, 0.2) is 0 Å². The van der Waals surface area contributed by atoms with Crippen molar-refractivity contribution >= 4 is 11.9 Å². The Labute approximate surface area is 109 Å². The molecule has 1 unspecified atom stereocenters. The minimum atomic E-state index is -0.576. The van der Waals surface area contributed by atoms with Gasteiger partial charge in [-0.1, -0.05) is 20.8 Å². The fraction of sp³-hybridized carbons (Fsp3) is 0.846. The molecule has 1 amide bonds. The molecule has 0 saturated carbocycles. The van der Waals surface area contributed by atoms with Crippen molar-refractivity contribution in [1.82, 2.24) is 10.6 Å². The van der Waals surface area contributed by atoms with Crippen LogP contribution >= 0.6 is 0 Å². The smallest absolute Gasteiger partial charge is 0.328 e. The summed E-state index contributed by atoms with van der Waals surface area (Å²) >= 11 is 0. The summed E-state index contributed by atoms with van der Waals surface area (Å²) in [6, 6.07) is -0.576. The zero-order valence-electron chi connectivity index (χ0n) is 11.7. The summed E-state index contributed by atoms with van der Waals surface area (Å²) in [4.78, 5) is 24.0. The third-order valence-electron chi connectivity index (χ3n) is 3.69. The highest BCUT2D eigenvalue weighted by molar-refractivity contribution is 5.90. The summed E-state index contributed by atoms with van der Waals surface area (Å²) in [6.45, 7) is 6.62. The molecule has 1 aliphatic rings. The Balaban J connectivity index is 2.74. The van der Waals surface area contributed by atoms with Gasteiger partial charge in [-0.15, -0.1) is 0 Å². The van der Waals surface area contributed by atoms with Gasteiger partial charge in [0, 0.05) is 0 Å². The van der Waals surface area contributed by atoms with E-state index in [1.54, 1.807) is 0 Å². The molecule has 104 valence electrons. The number of carbonyl (C=O) groups is 2. The van der Waals surface area contributed by atoms with E-state index in [1.165, 1.54) is 7.11 Å². The maximum absolute atomic E-state index is 12.4. The molecule has 18 heavy (non-hydrogen) atoms. The lowest BCUT2D eigenvalue weighted by Crippen LogP contribution is -2.58. The first-order valence-electron chi connectivity index (χ1n) is 6.60. The van der Waals surface area contributed by atoms with Gasteiger partial charge < -0.3 is 15.4 Å². The first kappa shape index (κ1) is 15.0. The van der Waals surface area contributed by atoms with Gasteiger partial charge in [-0.25, -0.2) is 4.79 Å². The summed E-state index contributed by atoms with van der Waals surface area (Å²) < 4.78 is 4.73. The van der Waals surface area contributed by atoms with Gasteiger partial charge in [0.05, 0.1) is 12.6 Å². The first-order valence-corrected chi connectivity index (χ1v) is 6.60. The van der Waals surface area contributed by atoms with Gasteiger partial charge in [-0.05, 0) is 31.7 Å². The SMILES string of the molecule is CCC1(C(=O)N[C@H](C(=O)OC)C(C)C)CCCN1. The molecule has 5 nitrogen and oxygen atoms in total. The van der Waals surface area contributed by atoms with Gasteiger partial charge in [0.15, 0.2) is 0 Å². The number of rotatable bonds is 5. The molecule has 0 aliphatic carbocycles. The Morgan fingerprint density at radius 2 is 2.11 bits per heavy atom. The number of nitrogens with one attached hydrogen (secondary N) is 2. The normalized spacial score (nSPS) is 24.9. The quantitative estimate of drug-likeness (QED) is 0.715. The van der Waals surface area contributed by atoms with E-state index >= 15 is 0 Å². The van der Waals surface area contributed by atoms with Crippen LogP contribution in [0.4, 0.5) is 0 Å². The topological polar surface area (TPSA) is 67.4 Å². The molecule has 1 heterocycles. The van der Waals surface area contributed by atoms with Crippen molar-refractivity contribution < 1.29 is 14.3 Å². The summed E-state index contributed by atoms with van der Waals surface area (Å²) in [5.41, 5.74) is -0.513. The highest BCUT2D eigenvalue weighted by atomic mass is 16.5. The molecular formula is C13H24N2O3. The number of hydrogen-bond donors (Lipinski definition) is 2. The van der Waals surface area contributed by atoms with Gasteiger partial charge in [0.1, 0.15) is 6.04 Å². The predicted octanol–water partition coefficient (Wildman–Crippen LogP) is 0.832. The second-order valence-electron chi connectivity index (χ2n) is 5.18. The monoisotopic (exact) mass is 256 g/mol. The van der Waals surface area contributed by atoms with Crippen LogP contribution in [-0.4, -0.2) is 37.1 Å². The molecule has 1 fully saturated rings. The van der Waals surface area contributed by atoms with E-state index in [1.807, 2.05) is 20.8 Å². The minimum absolute atomic E-state index is 0.0108. The van der Waals surface area contributed by atoms with E-state index in [0.29, 0.717) is 0 Å². The van der Waals surface area contributed by atoms with Crippen LogP contribution in [0.1, 0.15) is 40.0 Å². The molecule has 2 atom stereocenters. The highest BCUT2D eigenvalue weighted by Gasteiger charge is 2.41. The first-order chi connectivity index (χ1) is 8.46. The fourth-order valence-corrected chi connectivity index (χ4v) is 2.37. The minimum Gasteiger partial charge on any atom is -0.467 e. The van der Waals surface area contributed by atoms with Crippen molar-refractivity contribution in [3.63, 3.8) is 0 Å². The number of amides is 1. The van der Waals surface area contributed by atoms with Crippen LogP contribution in [-0.2, 0) is 14.3 Å².